The van der Waals surface area contributed by atoms with Gasteiger partial charge in [0.2, 0.25) is 0 Å². The molecule has 0 N–H and O–H groups in total. The fourth-order valence-corrected chi connectivity index (χ4v) is 3.07. The lowest BCUT2D eigenvalue weighted by Crippen LogP contribution is -2.21. The first-order valence-electron chi connectivity index (χ1n) is 6.27. The molecule has 0 aromatic heterocycles. The van der Waals surface area contributed by atoms with E-state index >= 15 is 0 Å². The fourth-order valence-electron chi connectivity index (χ4n) is 3.07. The van der Waals surface area contributed by atoms with Crippen LogP contribution in [0.5, 0.6) is 0 Å². The maximum atomic E-state index is 2.46. The van der Waals surface area contributed by atoms with Crippen molar-refractivity contribution in [3.63, 3.8) is 0 Å². The largest absolute Gasteiger partial charge is 0.306 e. The van der Waals surface area contributed by atoms with E-state index in [0.717, 1.165) is 11.8 Å². The number of fused-ring (bicyclic) bond motifs is 1. The maximum absolute atomic E-state index is 2.46. The molecule has 2 unspecified atom stereocenters. The third kappa shape index (κ3) is 1.80. The Morgan fingerprint density at radius 3 is 2.94 bits per heavy atom. The molecule has 0 spiro atoms. The van der Waals surface area contributed by atoms with Crippen molar-refractivity contribution < 1.29 is 0 Å². The first-order chi connectivity index (χ1) is 7.83. The van der Waals surface area contributed by atoms with Gasteiger partial charge in [-0.1, -0.05) is 36.4 Å². The summed E-state index contributed by atoms with van der Waals surface area (Å²) >= 11 is 0. The molecule has 0 bridgehead atoms. The van der Waals surface area contributed by atoms with Crippen molar-refractivity contribution in [2.75, 3.05) is 20.1 Å². The molecule has 16 heavy (non-hydrogen) atoms. The standard InChI is InChI=1S/C15H19N/c1-16-9-8-15(11-16)14-7-6-12-4-2-3-5-13(12)10-14/h2-7,14-15H,8-11H2,1H3. The Labute approximate surface area is 97.8 Å². The molecular weight excluding hydrogens is 194 g/mol. The molecule has 1 fully saturated rings. The zero-order chi connectivity index (χ0) is 11.0. The number of benzene rings is 1. The smallest absolute Gasteiger partial charge is 0.00128 e. The lowest BCUT2D eigenvalue weighted by atomic mass is 9.81. The summed E-state index contributed by atoms with van der Waals surface area (Å²) in [5.41, 5.74) is 2.95. The third-order valence-corrected chi connectivity index (χ3v) is 4.07. The minimum absolute atomic E-state index is 0.764. The Bertz CT molecular complexity index is 408. The summed E-state index contributed by atoms with van der Waals surface area (Å²) < 4.78 is 0. The average Bonchev–Trinajstić information content (AvgIpc) is 2.75. The average molecular weight is 213 g/mol. The van der Waals surface area contributed by atoms with Crippen LogP contribution in [0.4, 0.5) is 0 Å². The molecule has 1 aliphatic carbocycles. The first-order valence-corrected chi connectivity index (χ1v) is 6.27. The highest BCUT2D eigenvalue weighted by Crippen LogP contribution is 2.32. The van der Waals surface area contributed by atoms with Gasteiger partial charge in [-0.25, -0.2) is 0 Å². The van der Waals surface area contributed by atoms with Crippen LogP contribution < -0.4 is 0 Å². The predicted molar refractivity (Wildman–Crippen MR) is 68.3 cm³/mol. The van der Waals surface area contributed by atoms with Crippen molar-refractivity contribution >= 4 is 6.08 Å². The van der Waals surface area contributed by atoms with E-state index in [0.29, 0.717) is 0 Å². The highest BCUT2D eigenvalue weighted by molar-refractivity contribution is 5.56. The molecule has 0 saturated carbocycles. The molecule has 0 amide bonds. The van der Waals surface area contributed by atoms with Crippen molar-refractivity contribution in [1.82, 2.24) is 4.90 Å². The number of likely N-dealkylation sites (tertiary alicyclic amines) is 1. The second-order valence-corrected chi connectivity index (χ2v) is 5.24. The summed E-state index contributed by atoms with van der Waals surface area (Å²) in [7, 11) is 2.24. The third-order valence-electron chi connectivity index (χ3n) is 4.07. The van der Waals surface area contributed by atoms with E-state index in [1.54, 1.807) is 0 Å². The molecule has 1 saturated heterocycles. The first kappa shape index (κ1) is 10.1. The van der Waals surface area contributed by atoms with Gasteiger partial charge in [0.1, 0.15) is 0 Å². The Kier molecular flexibility index (Phi) is 2.56. The quantitative estimate of drug-likeness (QED) is 0.693. The molecule has 2 atom stereocenters. The van der Waals surface area contributed by atoms with Crippen molar-refractivity contribution in [2.24, 2.45) is 11.8 Å². The monoisotopic (exact) mass is 213 g/mol. The summed E-state index contributed by atoms with van der Waals surface area (Å²) in [6.07, 6.45) is 7.37. The van der Waals surface area contributed by atoms with E-state index < -0.39 is 0 Å². The van der Waals surface area contributed by atoms with Gasteiger partial charge in [-0.15, -0.1) is 0 Å². The van der Waals surface area contributed by atoms with E-state index in [4.69, 9.17) is 0 Å². The summed E-state index contributed by atoms with van der Waals surface area (Å²) in [5, 5.41) is 0. The highest BCUT2D eigenvalue weighted by atomic mass is 15.1. The normalized spacial score (nSPS) is 29.3. The van der Waals surface area contributed by atoms with Crippen LogP contribution in [0, 0.1) is 11.8 Å². The fraction of sp³-hybridized carbons (Fsp3) is 0.467. The van der Waals surface area contributed by atoms with Gasteiger partial charge in [0.25, 0.3) is 0 Å². The topological polar surface area (TPSA) is 3.24 Å². The second kappa shape index (κ2) is 4.06. The lowest BCUT2D eigenvalue weighted by molar-refractivity contribution is 0.355. The van der Waals surface area contributed by atoms with E-state index in [2.05, 4.69) is 48.4 Å². The number of nitrogens with zero attached hydrogens (tertiary/aromatic N) is 1. The molecule has 1 aromatic rings. The Morgan fingerprint density at radius 1 is 1.25 bits per heavy atom. The summed E-state index contributed by atoms with van der Waals surface area (Å²) in [6.45, 7) is 2.55. The minimum atomic E-state index is 0.764. The van der Waals surface area contributed by atoms with Crippen molar-refractivity contribution in [3.05, 3.63) is 41.5 Å². The van der Waals surface area contributed by atoms with Crippen LogP contribution in [0.25, 0.3) is 6.08 Å². The number of hydrogen-bond donors (Lipinski definition) is 0. The molecule has 2 aliphatic rings. The molecule has 1 heterocycles. The van der Waals surface area contributed by atoms with E-state index in [9.17, 15) is 0 Å². The zero-order valence-electron chi connectivity index (χ0n) is 9.89. The van der Waals surface area contributed by atoms with E-state index in [-0.39, 0.29) is 0 Å². The molecule has 84 valence electrons. The maximum Gasteiger partial charge on any atom is 0.00128 e. The van der Waals surface area contributed by atoms with Gasteiger partial charge in [0, 0.05) is 6.54 Å². The van der Waals surface area contributed by atoms with Gasteiger partial charge >= 0.3 is 0 Å². The van der Waals surface area contributed by atoms with Gasteiger partial charge in [0.05, 0.1) is 0 Å². The molecular formula is C15H19N. The number of allylic oxidation sites excluding steroid dienone is 1. The molecule has 0 radical (unpaired) electrons. The van der Waals surface area contributed by atoms with Crippen LogP contribution in [0.3, 0.4) is 0 Å². The van der Waals surface area contributed by atoms with Crippen LogP contribution >= 0.6 is 0 Å². The highest BCUT2D eigenvalue weighted by Gasteiger charge is 2.27. The number of hydrogen-bond acceptors (Lipinski definition) is 1. The van der Waals surface area contributed by atoms with Gasteiger partial charge in [-0.05, 0) is 49.4 Å². The van der Waals surface area contributed by atoms with E-state index in [1.165, 1.54) is 37.1 Å². The Hall–Kier alpha value is -1.08. The minimum Gasteiger partial charge on any atom is -0.306 e. The summed E-state index contributed by atoms with van der Waals surface area (Å²) in [6, 6.07) is 8.80. The Balaban J connectivity index is 1.78. The van der Waals surface area contributed by atoms with Crippen LogP contribution in [0.2, 0.25) is 0 Å². The number of rotatable bonds is 1. The van der Waals surface area contributed by atoms with Crippen LogP contribution in [-0.2, 0) is 6.42 Å². The van der Waals surface area contributed by atoms with Crippen LogP contribution in [0.1, 0.15) is 17.5 Å². The SMILES string of the molecule is CN1CCC(C2C=Cc3ccccc3C2)C1. The molecule has 1 aliphatic heterocycles. The van der Waals surface area contributed by atoms with Crippen molar-refractivity contribution in [2.45, 2.75) is 12.8 Å². The van der Waals surface area contributed by atoms with Crippen LogP contribution in [0.15, 0.2) is 30.3 Å². The molecule has 1 nitrogen and oxygen atoms in total. The lowest BCUT2D eigenvalue weighted by Gasteiger charge is -2.24. The molecule has 1 heteroatoms. The van der Waals surface area contributed by atoms with Crippen molar-refractivity contribution in [3.8, 4) is 0 Å². The predicted octanol–water partition coefficient (Wildman–Crippen LogP) is 2.82. The molecule has 1 aromatic carbocycles. The van der Waals surface area contributed by atoms with Crippen molar-refractivity contribution in [1.29, 1.82) is 0 Å². The zero-order valence-corrected chi connectivity index (χ0v) is 9.89. The van der Waals surface area contributed by atoms with Gasteiger partial charge < -0.3 is 4.90 Å². The summed E-state index contributed by atoms with van der Waals surface area (Å²) in [4.78, 5) is 2.46. The van der Waals surface area contributed by atoms with Crippen LogP contribution in [-0.4, -0.2) is 25.0 Å². The van der Waals surface area contributed by atoms with Gasteiger partial charge in [0.15, 0.2) is 0 Å². The summed E-state index contributed by atoms with van der Waals surface area (Å²) in [5.74, 6) is 1.63. The van der Waals surface area contributed by atoms with Gasteiger partial charge in [-0.2, -0.15) is 0 Å². The Morgan fingerprint density at radius 2 is 2.12 bits per heavy atom. The van der Waals surface area contributed by atoms with Gasteiger partial charge in [-0.3, -0.25) is 0 Å². The van der Waals surface area contributed by atoms with E-state index in [1.807, 2.05) is 0 Å². The molecule has 3 rings (SSSR count). The second-order valence-electron chi connectivity index (χ2n) is 5.24.